The molecule has 4 saturated carbocycles. The predicted molar refractivity (Wildman–Crippen MR) is 118 cm³/mol. The van der Waals surface area contributed by atoms with Gasteiger partial charge in [0.25, 0.3) is 0 Å². The molecule has 4 aliphatic carbocycles. The van der Waals surface area contributed by atoms with Crippen molar-refractivity contribution in [2.45, 2.75) is 43.9 Å². The molecule has 4 bridgehead atoms. The molecule has 0 heterocycles. The van der Waals surface area contributed by atoms with Crippen molar-refractivity contribution in [1.29, 1.82) is 0 Å². The van der Waals surface area contributed by atoms with Gasteiger partial charge in [-0.15, -0.1) is 0 Å². The SMILES string of the molecule is Nc1ccc(Br)cc1N.Nc1ccc(C23CC4CC(CC(C4)C2)C3)cc1N. The molecule has 0 saturated heterocycles. The third-order valence-corrected chi connectivity index (χ3v) is 7.28. The quantitative estimate of drug-likeness (QED) is 0.483. The average molecular weight is 429 g/mol. The summed E-state index contributed by atoms with van der Waals surface area (Å²) < 4.78 is 0.953. The Hall–Kier alpha value is -1.88. The zero-order valence-corrected chi connectivity index (χ0v) is 17.2. The van der Waals surface area contributed by atoms with Crippen LogP contribution in [0.4, 0.5) is 22.7 Å². The van der Waals surface area contributed by atoms with Crippen LogP contribution in [0.2, 0.25) is 0 Å². The van der Waals surface area contributed by atoms with Crippen molar-refractivity contribution >= 4 is 38.7 Å². The van der Waals surface area contributed by atoms with Crippen LogP contribution in [0, 0.1) is 17.8 Å². The molecule has 4 nitrogen and oxygen atoms in total. The topological polar surface area (TPSA) is 104 Å². The minimum atomic E-state index is 0.441. The van der Waals surface area contributed by atoms with Crippen LogP contribution in [0.25, 0.3) is 0 Å². The Bertz CT molecular complexity index is 813. The Morgan fingerprint density at radius 2 is 1.15 bits per heavy atom. The molecule has 4 aliphatic rings. The summed E-state index contributed by atoms with van der Waals surface area (Å²) in [7, 11) is 0. The van der Waals surface area contributed by atoms with E-state index in [4.69, 9.17) is 22.9 Å². The molecule has 8 N–H and O–H groups in total. The highest BCUT2D eigenvalue weighted by Crippen LogP contribution is 2.60. The van der Waals surface area contributed by atoms with Gasteiger partial charge >= 0.3 is 0 Å². The van der Waals surface area contributed by atoms with Gasteiger partial charge in [-0.3, -0.25) is 0 Å². The van der Waals surface area contributed by atoms with Gasteiger partial charge in [0.15, 0.2) is 0 Å². The number of hydrogen-bond donors (Lipinski definition) is 4. The number of hydrogen-bond acceptors (Lipinski definition) is 4. The molecule has 4 fully saturated rings. The number of halogens is 1. The smallest absolute Gasteiger partial charge is 0.0559 e. The third-order valence-electron chi connectivity index (χ3n) is 6.79. The van der Waals surface area contributed by atoms with E-state index in [0.717, 1.165) is 33.6 Å². The average Bonchev–Trinajstić information content (AvgIpc) is 2.60. The summed E-state index contributed by atoms with van der Waals surface area (Å²) in [6.45, 7) is 0. The third kappa shape index (κ3) is 3.62. The molecule has 144 valence electrons. The highest BCUT2D eigenvalue weighted by Gasteiger charge is 2.51. The Balaban J connectivity index is 0.000000170. The fraction of sp³-hybridized carbons (Fsp3) is 0.455. The lowest BCUT2D eigenvalue weighted by Gasteiger charge is -2.57. The van der Waals surface area contributed by atoms with Crippen molar-refractivity contribution in [1.82, 2.24) is 0 Å². The maximum atomic E-state index is 6.01. The molecule has 6 rings (SSSR count). The van der Waals surface area contributed by atoms with Crippen LogP contribution in [-0.4, -0.2) is 0 Å². The second kappa shape index (κ2) is 6.93. The van der Waals surface area contributed by atoms with Gasteiger partial charge in [-0.05, 0) is 97.6 Å². The second-order valence-electron chi connectivity index (χ2n) is 8.81. The van der Waals surface area contributed by atoms with E-state index in [9.17, 15) is 0 Å². The van der Waals surface area contributed by atoms with Crippen molar-refractivity contribution in [3.63, 3.8) is 0 Å². The van der Waals surface area contributed by atoms with Crippen molar-refractivity contribution < 1.29 is 0 Å². The van der Waals surface area contributed by atoms with Crippen LogP contribution < -0.4 is 22.9 Å². The molecule has 0 amide bonds. The van der Waals surface area contributed by atoms with E-state index >= 15 is 0 Å². The summed E-state index contributed by atoms with van der Waals surface area (Å²) in [6.07, 6.45) is 8.64. The van der Waals surface area contributed by atoms with Crippen LogP contribution in [0.1, 0.15) is 44.1 Å². The Labute approximate surface area is 169 Å². The zero-order chi connectivity index (χ0) is 19.2. The van der Waals surface area contributed by atoms with E-state index in [-0.39, 0.29) is 0 Å². The summed E-state index contributed by atoms with van der Waals surface area (Å²) in [5, 5.41) is 0. The first-order valence-electron chi connectivity index (χ1n) is 9.80. The Kier molecular flexibility index (Phi) is 4.75. The van der Waals surface area contributed by atoms with E-state index in [1.165, 1.54) is 44.1 Å². The van der Waals surface area contributed by atoms with Gasteiger partial charge in [-0.2, -0.15) is 0 Å². The Morgan fingerprint density at radius 1 is 0.667 bits per heavy atom. The maximum absolute atomic E-state index is 6.01. The summed E-state index contributed by atoms with van der Waals surface area (Å²) in [5.41, 5.74) is 27.4. The molecule has 0 unspecified atom stereocenters. The highest BCUT2D eigenvalue weighted by molar-refractivity contribution is 9.10. The summed E-state index contributed by atoms with van der Waals surface area (Å²) in [5.74, 6) is 2.94. The molecular weight excluding hydrogens is 400 g/mol. The number of rotatable bonds is 1. The van der Waals surface area contributed by atoms with E-state index in [1.54, 1.807) is 12.1 Å². The predicted octanol–water partition coefficient (Wildman–Crippen LogP) is 4.93. The summed E-state index contributed by atoms with van der Waals surface area (Å²) >= 11 is 3.26. The highest BCUT2D eigenvalue weighted by atomic mass is 79.9. The van der Waals surface area contributed by atoms with Crippen molar-refractivity contribution in [3.05, 3.63) is 46.4 Å². The van der Waals surface area contributed by atoms with Gasteiger partial charge in [0, 0.05) is 4.47 Å². The molecule has 0 aromatic heterocycles. The largest absolute Gasteiger partial charge is 0.397 e. The zero-order valence-electron chi connectivity index (χ0n) is 15.6. The molecule has 2 aromatic carbocycles. The van der Waals surface area contributed by atoms with Gasteiger partial charge in [0.05, 0.1) is 22.7 Å². The van der Waals surface area contributed by atoms with E-state index in [0.29, 0.717) is 16.8 Å². The molecule has 0 atom stereocenters. The molecule has 0 aliphatic heterocycles. The fourth-order valence-electron chi connectivity index (χ4n) is 5.91. The normalized spacial score (nSPS) is 30.6. The molecule has 2 aromatic rings. The second-order valence-corrected chi connectivity index (χ2v) is 9.73. The van der Waals surface area contributed by atoms with Gasteiger partial charge < -0.3 is 22.9 Å². The van der Waals surface area contributed by atoms with Gasteiger partial charge in [-0.1, -0.05) is 22.0 Å². The van der Waals surface area contributed by atoms with E-state index in [2.05, 4.69) is 28.1 Å². The van der Waals surface area contributed by atoms with Crippen LogP contribution in [0.15, 0.2) is 40.9 Å². The standard InChI is InChI=1S/C16H22N2.C6H7BrN2/c17-14-2-1-13(6-15(14)18)16-7-10-3-11(8-16)5-12(4-10)9-16;7-4-1-2-5(8)6(9)3-4/h1-2,6,10-12H,3-5,7-9,17-18H2;1-3H,8-9H2. The molecule has 0 radical (unpaired) electrons. The van der Waals surface area contributed by atoms with Crippen LogP contribution in [-0.2, 0) is 5.41 Å². The molecular formula is C22H29BrN4. The molecule has 27 heavy (non-hydrogen) atoms. The lowest BCUT2D eigenvalue weighted by atomic mass is 9.48. The monoisotopic (exact) mass is 428 g/mol. The molecule has 5 heteroatoms. The van der Waals surface area contributed by atoms with Crippen molar-refractivity contribution in [2.75, 3.05) is 22.9 Å². The lowest BCUT2D eigenvalue weighted by molar-refractivity contribution is -0.00515. The first kappa shape index (κ1) is 18.5. The number of anilines is 4. The molecule has 0 spiro atoms. The van der Waals surface area contributed by atoms with Crippen LogP contribution >= 0.6 is 15.9 Å². The van der Waals surface area contributed by atoms with Crippen LogP contribution in [0.5, 0.6) is 0 Å². The number of nitrogen functional groups attached to an aromatic ring is 4. The first-order valence-corrected chi connectivity index (χ1v) is 10.6. The van der Waals surface area contributed by atoms with Crippen LogP contribution in [0.3, 0.4) is 0 Å². The van der Waals surface area contributed by atoms with E-state index in [1.807, 2.05) is 12.1 Å². The first-order chi connectivity index (χ1) is 12.8. The van der Waals surface area contributed by atoms with E-state index < -0.39 is 0 Å². The van der Waals surface area contributed by atoms with Gasteiger partial charge in [0.1, 0.15) is 0 Å². The number of nitrogens with two attached hydrogens (primary N) is 4. The van der Waals surface area contributed by atoms with Crippen molar-refractivity contribution in [2.24, 2.45) is 17.8 Å². The minimum absolute atomic E-state index is 0.441. The summed E-state index contributed by atoms with van der Waals surface area (Å²) in [4.78, 5) is 0. The lowest BCUT2D eigenvalue weighted by Crippen LogP contribution is -2.48. The van der Waals surface area contributed by atoms with Gasteiger partial charge in [-0.25, -0.2) is 0 Å². The maximum Gasteiger partial charge on any atom is 0.0559 e. The van der Waals surface area contributed by atoms with Gasteiger partial charge in [0.2, 0.25) is 0 Å². The fourth-order valence-corrected chi connectivity index (χ4v) is 6.29. The number of benzene rings is 2. The Morgan fingerprint density at radius 3 is 1.59 bits per heavy atom. The minimum Gasteiger partial charge on any atom is -0.397 e. The summed E-state index contributed by atoms with van der Waals surface area (Å²) in [6, 6.07) is 11.8. The van der Waals surface area contributed by atoms with Crippen molar-refractivity contribution in [3.8, 4) is 0 Å².